The van der Waals surface area contributed by atoms with Crippen molar-refractivity contribution >= 4 is 17.4 Å². The monoisotopic (exact) mass is 497 g/mol. The first kappa shape index (κ1) is 26.2. The summed E-state index contributed by atoms with van der Waals surface area (Å²) in [6.07, 6.45) is 2.55. The molecule has 0 saturated carbocycles. The fourth-order valence-electron chi connectivity index (χ4n) is 4.64. The van der Waals surface area contributed by atoms with Crippen molar-refractivity contribution in [3.8, 4) is 5.75 Å². The van der Waals surface area contributed by atoms with Crippen LogP contribution in [0.5, 0.6) is 5.75 Å². The third-order valence-corrected chi connectivity index (χ3v) is 6.82. The van der Waals surface area contributed by atoms with Crippen LogP contribution in [0.15, 0.2) is 84.4 Å². The van der Waals surface area contributed by atoms with Crippen LogP contribution in [0.4, 0.5) is 0 Å². The predicted molar refractivity (Wildman–Crippen MR) is 147 cm³/mol. The number of benzene rings is 3. The highest BCUT2D eigenvalue weighted by Gasteiger charge is 2.45. The van der Waals surface area contributed by atoms with E-state index in [2.05, 4.69) is 20.8 Å². The Morgan fingerprint density at radius 2 is 1.70 bits per heavy atom. The van der Waals surface area contributed by atoms with Gasteiger partial charge in [-0.25, -0.2) is 0 Å². The number of Topliss-reactive ketones (excluding diaryl/α,β-unsaturated/α-hetero) is 1. The highest BCUT2D eigenvalue weighted by atomic mass is 16.5. The van der Waals surface area contributed by atoms with E-state index in [9.17, 15) is 14.7 Å². The largest absolute Gasteiger partial charge is 0.507 e. The number of hydrogen-bond acceptors (Lipinski definition) is 4. The lowest BCUT2D eigenvalue weighted by Crippen LogP contribution is -2.31. The van der Waals surface area contributed by atoms with Crippen LogP contribution in [0.1, 0.15) is 67.8 Å². The summed E-state index contributed by atoms with van der Waals surface area (Å²) in [4.78, 5) is 28.2. The molecule has 1 atom stereocenters. The number of carbonyl (C=O) groups is 2. The van der Waals surface area contributed by atoms with Gasteiger partial charge in [-0.15, -0.1) is 0 Å². The highest BCUT2D eigenvalue weighted by molar-refractivity contribution is 6.46. The standard InChI is InChI=1S/C32H35NO4/c1-4-5-20-37-27-13-9-12-26(21-27)30(34)28-29(25-16-14-24(15-17-25)22(2)3)33(32(36)31(28)35)19-18-23-10-7-6-8-11-23/h6-17,21-22,29,34H,4-5,18-20H2,1-3H3. The van der Waals surface area contributed by atoms with Gasteiger partial charge in [0.2, 0.25) is 0 Å². The maximum absolute atomic E-state index is 13.4. The van der Waals surface area contributed by atoms with Crippen LogP contribution in [0.3, 0.4) is 0 Å². The minimum atomic E-state index is -0.672. The van der Waals surface area contributed by atoms with Crippen molar-refractivity contribution in [1.29, 1.82) is 0 Å². The molecule has 1 unspecified atom stereocenters. The Morgan fingerprint density at radius 1 is 0.973 bits per heavy atom. The van der Waals surface area contributed by atoms with Crippen molar-refractivity contribution in [2.24, 2.45) is 0 Å². The molecule has 1 saturated heterocycles. The maximum atomic E-state index is 13.4. The summed E-state index contributed by atoms with van der Waals surface area (Å²) in [5.41, 5.74) is 3.62. The fourth-order valence-corrected chi connectivity index (χ4v) is 4.64. The maximum Gasteiger partial charge on any atom is 0.295 e. The van der Waals surface area contributed by atoms with E-state index in [-0.39, 0.29) is 11.3 Å². The summed E-state index contributed by atoms with van der Waals surface area (Å²) >= 11 is 0. The van der Waals surface area contributed by atoms with Gasteiger partial charge in [-0.1, -0.05) is 93.9 Å². The van der Waals surface area contributed by atoms with Crippen LogP contribution in [0.25, 0.3) is 5.76 Å². The Kier molecular flexibility index (Phi) is 8.44. The van der Waals surface area contributed by atoms with Gasteiger partial charge in [0.25, 0.3) is 11.7 Å². The molecule has 5 nitrogen and oxygen atoms in total. The summed E-state index contributed by atoms with van der Waals surface area (Å²) in [7, 11) is 0. The molecular formula is C32H35NO4. The molecule has 0 aromatic heterocycles. The molecule has 1 amide bonds. The molecule has 3 aromatic rings. The van der Waals surface area contributed by atoms with Crippen molar-refractivity contribution in [2.75, 3.05) is 13.2 Å². The zero-order valence-electron chi connectivity index (χ0n) is 21.8. The first-order chi connectivity index (χ1) is 17.9. The van der Waals surface area contributed by atoms with Gasteiger partial charge in [-0.05, 0) is 47.6 Å². The molecule has 1 heterocycles. The Hall–Kier alpha value is -3.86. The Bertz CT molecular complexity index is 1260. The van der Waals surface area contributed by atoms with Crippen LogP contribution >= 0.6 is 0 Å². The van der Waals surface area contributed by atoms with E-state index in [4.69, 9.17) is 4.74 Å². The van der Waals surface area contributed by atoms with E-state index in [1.807, 2.05) is 60.7 Å². The second-order valence-corrected chi connectivity index (χ2v) is 9.78. The summed E-state index contributed by atoms with van der Waals surface area (Å²) in [5, 5.41) is 11.4. The average Bonchev–Trinajstić information content (AvgIpc) is 3.17. The van der Waals surface area contributed by atoms with Crippen LogP contribution in [0.2, 0.25) is 0 Å². The van der Waals surface area contributed by atoms with Gasteiger partial charge in [0.15, 0.2) is 0 Å². The molecule has 1 fully saturated rings. The second-order valence-electron chi connectivity index (χ2n) is 9.78. The van der Waals surface area contributed by atoms with Gasteiger partial charge in [0.05, 0.1) is 18.2 Å². The Labute approximate surface area is 219 Å². The molecule has 4 rings (SSSR count). The van der Waals surface area contributed by atoms with Crippen LogP contribution < -0.4 is 4.74 Å². The van der Waals surface area contributed by atoms with Gasteiger partial charge in [-0.2, -0.15) is 0 Å². The van der Waals surface area contributed by atoms with Gasteiger partial charge >= 0.3 is 0 Å². The molecule has 37 heavy (non-hydrogen) atoms. The molecule has 0 spiro atoms. The molecule has 3 aromatic carbocycles. The van der Waals surface area contributed by atoms with E-state index in [1.165, 1.54) is 5.56 Å². The van der Waals surface area contributed by atoms with E-state index in [0.29, 0.717) is 36.8 Å². The number of unbranched alkanes of at least 4 members (excludes halogenated alkanes) is 1. The lowest BCUT2D eigenvalue weighted by Gasteiger charge is -2.26. The first-order valence-corrected chi connectivity index (χ1v) is 13.1. The van der Waals surface area contributed by atoms with Crippen molar-refractivity contribution in [3.63, 3.8) is 0 Å². The fraction of sp³-hybridized carbons (Fsp3) is 0.312. The number of aliphatic hydroxyl groups is 1. The number of hydrogen-bond donors (Lipinski definition) is 1. The number of ketones is 1. The number of nitrogens with zero attached hydrogens (tertiary/aromatic N) is 1. The summed E-state index contributed by atoms with van der Waals surface area (Å²) in [6, 6.07) is 24.3. The lowest BCUT2D eigenvalue weighted by molar-refractivity contribution is -0.139. The quantitative estimate of drug-likeness (QED) is 0.147. The van der Waals surface area contributed by atoms with E-state index < -0.39 is 17.7 Å². The van der Waals surface area contributed by atoms with Gasteiger partial charge in [0, 0.05) is 12.1 Å². The number of likely N-dealkylation sites (tertiary alicyclic amines) is 1. The normalized spacial score (nSPS) is 17.0. The van der Waals surface area contributed by atoms with Crippen LogP contribution in [-0.4, -0.2) is 34.8 Å². The molecule has 1 aliphatic rings. The molecular weight excluding hydrogens is 462 g/mol. The molecule has 0 radical (unpaired) electrons. The predicted octanol–water partition coefficient (Wildman–Crippen LogP) is 6.65. The van der Waals surface area contributed by atoms with Crippen molar-refractivity contribution in [2.45, 2.75) is 52.0 Å². The van der Waals surface area contributed by atoms with Crippen molar-refractivity contribution in [1.82, 2.24) is 4.90 Å². The smallest absolute Gasteiger partial charge is 0.295 e. The molecule has 0 bridgehead atoms. The third-order valence-electron chi connectivity index (χ3n) is 6.82. The molecule has 192 valence electrons. The van der Waals surface area contributed by atoms with E-state index in [0.717, 1.165) is 24.0 Å². The van der Waals surface area contributed by atoms with Crippen molar-refractivity contribution in [3.05, 3.63) is 107 Å². The Morgan fingerprint density at radius 3 is 2.38 bits per heavy atom. The van der Waals surface area contributed by atoms with Gasteiger partial charge in [-0.3, -0.25) is 9.59 Å². The number of aliphatic hydroxyl groups excluding tert-OH is 1. The zero-order valence-corrected chi connectivity index (χ0v) is 21.8. The minimum absolute atomic E-state index is 0.112. The first-order valence-electron chi connectivity index (χ1n) is 13.1. The Balaban J connectivity index is 1.74. The van der Waals surface area contributed by atoms with Crippen LogP contribution in [0, 0.1) is 0 Å². The number of ether oxygens (including phenoxy) is 1. The molecule has 5 heteroatoms. The minimum Gasteiger partial charge on any atom is -0.507 e. The number of rotatable bonds is 10. The summed E-state index contributed by atoms with van der Waals surface area (Å²) in [5.74, 6) is -0.464. The van der Waals surface area contributed by atoms with Gasteiger partial charge < -0.3 is 14.7 Å². The van der Waals surface area contributed by atoms with Gasteiger partial charge in [0.1, 0.15) is 11.5 Å². The van der Waals surface area contributed by atoms with Crippen LogP contribution in [-0.2, 0) is 16.0 Å². The van der Waals surface area contributed by atoms with E-state index >= 15 is 0 Å². The SMILES string of the molecule is CCCCOc1cccc(C(O)=C2C(=O)C(=O)N(CCc3ccccc3)C2c2ccc(C(C)C)cc2)c1. The van der Waals surface area contributed by atoms with E-state index in [1.54, 1.807) is 23.1 Å². The third kappa shape index (κ3) is 5.93. The summed E-state index contributed by atoms with van der Waals surface area (Å²) < 4.78 is 5.81. The average molecular weight is 498 g/mol. The molecule has 1 aliphatic heterocycles. The second kappa shape index (κ2) is 11.9. The highest BCUT2D eigenvalue weighted by Crippen LogP contribution is 2.40. The number of amides is 1. The summed E-state index contributed by atoms with van der Waals surface area (Å²) in [6.45, 7) is 7.28. The topological polar surface area (TPSA) is 66.8 Å². The molecule has 1 N–H and O–H groups in total. The molecule has 0 aliphatic carbocycles. The lowest BCUT2D eigenvalue weighted by atomic mass is 9.93. The van der Waals surface area contributed by atoms with Crippen molar-refractivity contribution < 1.29 is 19.4 Å². The number of carbonyl (C=O) groups excluding carboxylic acids is 2. The zero-order chi connectivity index (χ0) is 26.4.